The predicted octanol–water partition coefficient (Wildman–Crippen LogP) is 3.29. The first-order valence-electron chi connectivity index (χ1n) is 7.54. The lowest BCUT2D eigenvalue weighted by molar-refractivity contribution is -0.124. The van der Waals surface area contributed by atoms with Crippen molar-refractivity contribution in [1.29, 1.82) is 0 Å². The van der Waals surface area contributed by atoms with Crippen molar-refractivity contribution in [2.75, 3.05) is 11.1 Å². The molecule has 0 saturated carbocycles. The molecule has 1 unspecified atom stereocenters. The summed E-state index contributed by atoms with van der Waals surface area (Å²) in [5, 5.41) is 2.59. The van der Waals surface area contributed by atoms with Gasteiger partial charge in [-0.3, -0.25) is 4.79 Å². The third-order valence-corrected chi connectivity index (χ3v) is 3.54. The van der Waals surface area contributed by atoms with Crippen molar-refractivity contribution in [3.63, 3.8) is 0 Å². The monoisotopic (exact) mass is 330 g/mol. The van der Waals surface area contributed by atoms with Gasteiger partial charge < -0.3 is 15.8 Å². The zero-order chi connectivity index (χ0) is 17.7. The van der Waals surface area contributed by atoms with E-state index in [0.717, 1.165) is 5.56 Å². The molecule has 0 saturated heterocycles. The largest absolute Gasteiger partial charge is 0.449 e. The highest BCUT2D eigenvalue weighted by molar-refractivity contribution is 5.97. The number of nitrogens with two attached hydrogens (primary N) is 1. The number of anilines is 2. The number of rotatable bonds is 5. The highest BCUT2D eigenvalue weighted by Gasteiger charge is 2.22. The fraction of sp³-hybridized carbons (Fsp3) is 0.222. The number of nitrogen functional groups attached to an aromatic ring is 1. The minimum absolute atomic E-state index is 0.283. The number of ether oxygens (including phenoxy) is 1. The van der Waals surface area contributed by atoms with Crippen LogP contribution in [0.1, 0.15) is 29.3 Å². The van der Waals surface area contributed by atoms with Gasteiger partial charge in [-0.1, -0.05) is 13.0 Å². The van der Waals surface area contributed by atoms with Crippen LogP contribution in [0, 0.1) is 12.7 Å². The Kier molecular flexibility index (Phi) is 5.52. The summed E-state index contributed by atoms with van der Waals surface area (Å²) < 4.78 is 18.1. The number of halogens is 1. The average Bonchev–Trinajstić information content (AvgIpc) is 2.56. The van der Waals surface area contributed by atoms with E-state index in [-0.39, 0.29) is 5.56 Å². The number of aryl methyl sites for hydroxylation is 1. The zero-order valence-corrected chi connectivity index (χ0v) is 13.5. The Bertz CT molecular complexity index is 744. The summed E-state index contributed by atoms with van der Waals surface area (Å²) in [6, 6.07) is 10.2. The van der Waals surface area contributed by atoms with Gasteiger partial charge in [-0.15, -0.1) is 0 Å². The maximum absolute atomic E-state index is 12.9. The molecule has 0 radical (unpaired) electrons. The van der Waals surface area contributed by atoms with Gasteiger partial charge in [0.25, 0.3) is 5.91 Å². The molecule has 0 aliphatic rings. The molecule has 0 aromatic heterocycles. The van der Waals surface area contributed by atoms with Crippen molar-refractivity contribution in [2.24, 2.45) is 0 Å². The van der Waals surface area contributed by atoms with Crippen LogP contribution in [0.4, 0.5) is 15.8 Å². The number of benzene rings is 2. The maximum atomic E-state index is 12.9. The number of hydrogen-bond acceptors (Lipinski definition) is 4. The molecule has 2 rings (SSSR count). The highest BCUT2D eigenvalue weighted by Crippen LogP contribution is 2.16. The van der Waals surface area contributed by atoms with E-state index >= 15 is 0 Å². The smallest absolute Gasteiger partial charge is 0.338 e. The molecule has 0 spiro atoms. The quantitative estimate of drug-likeness (QED) is 0.651. The number of nitrogens with one attached hydrogen (secondary N) is 1. The van der Waals surface area contributed by atoms with E-state index in [1.807, 2.05) is 6.92 Å². The van der Waals surface area contributed by atoms with Crippen molar-refractivity contribution in [1.82, 2.24) is 0 Å². The van der Waals surface area contributed by atoms with Gasteiger partial charge in [-0.2, -0.15) is 0 Å². The Hall–Kier alpha value is -2.89. The van der Waals surface area contributed by atoms with Crippen molar-refractivity contribution in [3.8, 4) is 0 Å². The fourth-order valence-electron chi connectivity index (χ4n) is 2.04. The van der Waals surface area contributed by atoms with Crippen LogP contribution in [0.5, 0.6) is 0 Å². The second-order valence-corrected chi connectivity index (χ2v) is 5.37. The van der Waals surface area contributed by atoms with Crippen LogP contribution in [0.2, 0.25) is 0 Å². The lowest BCUT2D eigenvalue weighted by atomic mass is 10.1. The van der Waals surface area contributed by atoms with Crippen LogP contribution in [-0.2, 0) is 9.53 Å². The summed E-state index contributed by atoms with van der Waals surface area (Å²) in [6.07, 6.45) is -0.648. The molecule has 0 heterocycles. The summed E-state index contributed by atoms with van der Waals surface area (Å²) >= 11 is 0. The first-order chi connectivity index (χ1) is 11.4. The molecule has 1 amide bonds. The van der Waals surface area contributed by atoms with Gasteiger partial charge in [0.15, 0.2) is 6.10 Å². The van der Waals surface area contributed by atoms with Crippen LogP contribution in [-0.4, -0.2) is 18.0 Å². The topological polar surface area (TPSA) is 81.4 Å². The van der Waals surface area contributed by atoms with Crippen molar-refractivity contribution < 1.29 is 18.7 Å². The van der Waals surface area contributed by atoms with Crippen molar-refractivity contribution >= 4 is 23.3 Å². The summed E-state index contributed by atoms with van der Waals surface area (Å²) in [5.74, 6) is -1.50. The Labute approximate surface area is 139 Å². The molecule has 0 fully saturated rings. The SMILES string of the molecule is CCC(OC(=O)c1ccc(C)c(N)c1)C(=O)Nc1ccc(F)cc1. The number of carbonyl (C=O) groups is 2. The van der Waals surface area contributed by atoms with Crippen LogP contribution in [0.25, 0.3) is 0 Å². The minimum Gasteiger partial charge on any atom is -0.449 e. The normalized spacial score (nSPS) is 11.6. The Morgan fingerprint density at radius 2 is 1.88 bits per heavy atom. The number of amides is 1. The molecule has 24 heavy (non-hydrogen) atoms. The Morgan fingerprint density at radius 3 is 2.46 bits per heavy atom. The lowest BCUT2D eigenvalue weighted by Crippen LogP contribution is -2.32. The van der Waals surface area contributed by atoms with Crippen LogP contribution in [0.3, 0.4) is 0 Å². The standard InChI is InChI=1S/C18H19FN2O3/c1-3-16(17(22)21-14-8-6-13(19)7-9-14)24-18(23)12-5-4-11(2)15(20)10-12/h4-10,16H,3,20H2,1-2H3,(H,21,22). The predicted molar refractivity (Wildman–Crippen MR) is 90.1 cm³/mol. The van der Waals surface area contributed by atoms with Gasteiger partial charge in [-0.25, -0.2) is 9.18 Å². The van der Waals surface area contributed by atoms with Gasteiger partial charge in [0.1, 0.15) is 5.82 Å². The summed E-state index contributed by atoms with van der Waals surface area (Å²) in [6.45, 7) is 3.56. The fourth-order valence-corrected chi connectivity index (χ4v) is 2.04. The molecule has 5 nitrogen and oxygen atoms in total. The lowest BCUT2D eigenvalue weighted by Gasteiger charge is -2.16. The molecule has 2 aromatic rings. The van der Waals surface area contributed by atoms with E-state index in [9.17, 15) is 14.0 Å². The second-order valence-electron chi connectivity index (χ2n) is 5.37. The Balaban J connectivity index is 2.04. The summed E-state index contributed by atoms with van der Waals surface area (Å²) in [7, 11) is 0. The zero-order valence-electron chi connectivity index (χ0n) is 13.5. The van der Waals surface area contributed by atoms with Crippen LogP contribution < -0.4 is 11.1 Å². The van der Waals surface area contributed by atoms with Gasteiger partial charge >= 0.3 is 5.97 Å². The first kappa shape index (κ1) is 17.5. The van der Waals surface area contributed by atoms with E-state index < -0.39 is 23.8 Å². The van der Waals surface area contributed by atoms with E-state index in [1.54, 1.807) is 19.1 Å². The number of carbonyl (C=O) groups excluding carboxylic acids is 2. The maximum Gasteiger partial charge on any atom is 0.338 e. The molecule has 3 N–H and O–H groups in total. The van der Waals surface area contributed by atoms with Gasteiger partial charge in [0.2, 0.25) is 0 Å². The van der Waals surface area contributed by atoms with Gasteiger partial charge in [-0.05, 0) is 55.3 Å². The summed E-state index contributed by atoms with van der Waals surface area (Å²) in [5.41, 5.74) is 7.82. The minimum atomic E-state index is -0.954. The average molecular weight is 330 g/mol. The molecule has 0 bridgehead atoms. The molecule has 0 aliphatic heterocycles. The van der Waals surface area contributed by atoms with Crippen LogP contribution >= 0.6 is 0 Å². The van der Waals surface area contributed by atoms with Crippen LogP contribution in [0.15, 0.2) is 42.5 Å². The second kappa shape index (κ2) is 7.59. The first-order valence-corrected chi connectivity index (χ1v) is 7.54. The van der Waals surface area contributed by atoms with E-state index in [0.29, 0.717) is 17.8 Å². The molecule has 6 heteroatoms. The molecular weight excluding hydrogens is 311 g/mol. The Morgan fingerprint density at radius 1 is 1.21 bits per heavy atom. The van der Waals surface area contributed by atoms with Gasteiger partial charge in [0, 0.05) is 11.4 Å². The van der Waals surface area contributed by atoms with E-state index in [1.165, 1.54) is 30.3 Å². The highest BCUT2D eigenvalue weighted by atomic mass is 19.1. The third kappa shape index (κ3) is 4.32. The molecule has 126 valence electrons. The van der Waals surface area contributed by atoms with Gasteiger partial charge in [0.05, 0.1) is 5.56 Å². The molecular formula is C18H19FN2O3. The molecule has 0 aliphatic carbocycles. The molecule has 1 atom stereocenters. The summed E-state index contributed by atoms with van der Waals surface area (Å²) in [4.78, 5) is 24.4. The van der Waals surface area contributed by atoms with E-state index in [4.69, 9.17) is 10.5 Å². The molecule has 2 aromatic carbocycles. The number of hydrogen-bond donors (Lipinski definition) is 2. The van der Waals surface area contributed by atoms with Crippen molar-refractivity contribution in [2.45, 2.75) is 26.4 Å². The van der Waals surface area contributed by atoms with Crippen molar-refractivity contribution in [3.05, 3.63) is 59.4 Å². The van der Waals surface area contributed by atoms with E-state index in [2.05, 4.69) is 5.32 Å². The third-order valence-electron chi connectivity index (χ3n) is 3.54. The number of esters is 1.